The van der Waals surface area contributed by atoms with Crippen LogP contribution < -0.4 is 0 Å². The number of aliphatic hydroxyl groups is 1. The molecule has 1 aromatic carbocycles. The Morgan fingerprint density at radius 1 is 1.15 bits per heavy atom. The highest BCUT2D eigenvalue weighted by Gasteiger charge is 2.23. The molecule has 2 rings (SSSR count). The molecular formula is C14H20N2O4. The van der Waals surface area contributed by atoms with Gasteiger partial charge in [-0.15, -0.1) is 0 Å². The first kappa shape index (κ1) is 14.6. The van der Waals surface area contributed by atoms with E-state index in [0.29, 0.717) is 26.2 Å². The summed E-state index contributed by atoms with van der Waals surface area (Å²) in [4.78, 5) is 16.2. The minimum Gasteiger partial charge on any atom is -0.504 e. The van der Waals surface area contributed by atoms with Crippen molar-refractivity contribution in [3.05, 3.63) is 23.8 Å². The van der Waals surface area contributed by atoms with E-state index in [9.17, 15) is 15.0 Å². The maximum absolute atomic E-state index is 12.4. The fraction of sp³-hybridized carbons (Fsp3) is 0.500. The number of aliphatic hydroxyl groups excluding tert-OH is 1. The summed E-state index contributed by atoms with van der Waals surface area (Å²) in [5.41, 5.74) is 0.126. The van der Waals surface area contributed by atoms with Gasteiger partial charge in [0.15, 0.2) is 11.5 Å². The molecule has 1 aliphatic heterocycles. The van der Waals surface area contributed by atoms with Crippen molar-refractivity contribution in [1.29, 1.82) is 0 Å². The number of phenolic OH excluding ortho intramolecular Hbond substituents is 2. The van der Waals surface area contributed by atoms with Gasteiger partial charge in [0, 0.05) is 26.2 Å². The van der Waals surface area contributed by atoms with Gasteiger partial charge < -0.3 is 20.2 Å². The highest BCUT2D eigenvalue weighted by atomic mass is 16.3. The van der Waals surface area contributed by atoms with Gasteiger partial charge in [-0.3, -0.25) is 9.69 Å². The molecule has 0 saturated carbocycles. The Balaban J connectivity index is 2.07. The monoisotopic (exact) mass is 280 g/mol. The maximum Gasteiger partial charge on any atom is 0.257 e. The van der Waals surface area contributed by atoms with Crippen LogP contribution in [0.2, 0.25) is 0 Å². The number of β-amino-alcohol motifs (C(OH)–C–C–N with tert-alkyl or cyclic N) is 1. The third-order valence-corrected chi connectivity index (χ3v) is 3.54. The van der Waals surface area contributed by atoms with Gasteiger partial charge in [-0.2, -0.15) is 0 Å². The van der Waals surface area contributed by atoms with E-state index in [1.54, 1.807) is 4.90 Å². The first-order chi connectivity index (χ1) is 9.63. The molecule has 6 heteroatoms. The number of phenols is 2. The van der Waals surface area contributed by atoms with Crippen LogP contribution in [0, 0.1) is 0 Å². The highest BCUT2D eigenvalue weighted by Crippen LogP contribution is 2.29. The van der Waals surface area contributed by atoms with Crippen molar-refractivity contribution in [3.8, 4) is 11.5 Å². The second-order valence-electron chi connectivity index (χ2n) is 4.88. The van der Waals surface area contributed by atoms with Gasteiger partial charge in [0.1, 0.15) is 0 Å². The zero-order chi connectivity index (χ0) is 14.5. The van der Waals surface area contributed by atoms with Crippen LogP contribution in [0.15, 0.2) is 18.2 Å². The number of amides is 1. The molecule has 1 aliphatic rings. The number of carbonyl (C=O) groups excluding carboxylic acids is 1. The molecule has 6 nitrogen and oxygen atoms in total. The Morgan fingerprint density at radius 3 is 2.70 bits per heavy atom. The van der Waals surface area contributed by atoms with Gasteiger partial charge in [0.25, 0.3) is 5.91 Å². The lowest BCUT2D eigenvalue weighted by Gasteiger charge is -2.22. The molecule has 1 amide bonds. The average molecular weight is 280 g/mol. The van der Waals surface area contributed by atoms with Crippen LogP contribution in [0.1, 0.15) is 16.8 Å². The number of hydrogen-bond donors (Lipinski definition) is 3. The first-order valence-electron chi connectivity index (χ1n) is 6.77. The largest absolute Gasteiger partial charge is 0.504 e. The normalized spacial score (nSPS) is 16.9. The van der Waals surface area contributed by atoms with E-state index >= 15 is 0 Å². The summed E-state index contributed by atoms with van der Waals surface area (Å²) in [5.74, 6) is -0.925. The van der Waals surface area contributed by atoms with Crippen molar-refractivity contribution in [1.82, 2.24) is 9.80 Å². The van der Waals surface area contributed by atoms with Gasteiger partial charge >= 0.3 is 0 Å². The summed E-state index contributed by atoms with van der Waals surface area (Å²) in [6, 6.07) is 4.39. The molecule has 1 heterocycles. The number of nitrogens with zero attached hydrogens (tertiary/aromatic N) is 2. The van der Waals surface area contributed by atoms with Gasteiger partial charge in [0.05, 0.1) is 12.2 Å². The van der Waals surface area contributed by atoms with Crippen LogP contribution in [0.5, 0.6) is 11.5 Å². The van der Waals surface area contributed by atoms with E-state index in [0.717, 1.165) is 13.0 Å². The zero-order valence-corrected chi connectivity index (χ0v) is 11.3. The minimum atomic E-state index is -0.367. The Hall–Kier alpha value is -1.79. The van der Waals surface area contributed by atoms with Crippen LogP contribution in [-0.4, -0.2) is 70.4 Å². The van der Waals surface area contributed by atoms with Crippen LogP contribution in [-0.2, 0) is 0 Å². The summed E-state index contributed by atoms with van der Waals surface area (Å²) in [7, 11) is 0. The molecule has 1 saturated heterocycles. The number of hydrogen-bond acceptors (Lipinski definition) is 5. The molecule has 1 fully saturated rings. The first-order valence-corrected chi connectivity index (χ1v) is 6.77. The van der Waals surface area contributed by atoms with Crippen molar-refractivity contribution in [3.63, 3.8) is 0 Å². The molecule has 0 spiro atoms. The Bertz CT molecular complexity index is 478. The third kappa shape index (κ3) is 3.20. The summed E-state index contributed by atoms with van der Waals surface area (Å²) in [6.45, 7) is 3.42. The molecule has 0 aromatic heterocycles. The Labute approximate surface area is 117 Å². The molecule has 0 atom stereocenters. The van der Waals surface area contributed by atoms with Crippen molar-refractivity contribution in [2.45, 2.75) is 6.42 Å². The topological polar surface area (TPSA) is 84.2 Å². The third-order valence-electron chi connectivity index (χ3n) is 3.54. The Kier molecular flexibility index (Phi) is 4.81. The summed E-state index contributed by atoms with van der Waals surface area (Å²) in [6.07, 6.45) is 0.825. The number of aromatic hydroxyl groups is 2. The van der Waals surface area contributed by atoms with Gasteiger partial charge in [-0.25, -0.2) is 0 Å². The molecule has 1 aromatic rings. The fourth-order valence-corrected chi connectivity index (χ4v) is 2.41. The predicted octanol–water partition coefficient (Wildman–Crippen LogP) is 0.238. The second kappa shape index (κ2) is 6.58. The number of benzene rings is 1. The summed E-state index contributed by atoms with van der Waals surface area (Å²) < 4.78 is 0. The van der Waals surface area contributed by atoms with E-state index in [-0.39, 0.29) is 29.6 Å². The summed E-state index contributed by atoms with van der Waals surface area (Å²) >= 11 is 0. The highest BCUT2D eigenvalue weighted by molar-refractivity contribution is 5.97. The van der Waals surface area contributed by atoms with Crippen LogP contribution in [0.4, 0.5) is 0 Å². The zero-order valence-electron chi connectivity index (χ0n) is 11.3. The van der Waals surface area contributed by atoms with Crippen molar-refractivity contribution < 1.29 is 20.1 Å². The standard InChI is InChI=1S/C14H20N2O4/c17-10-9-15-5-2-6-16(8-7-15)14(20)11-3-1-4-12(18)13(11)19/h1,3-4,17-19H,2,5-10H2. The molecule has 0 aliphatic carbocycles. The van der Waals surface area contributed by atoms with Crippen molar-refractivity contribution >= 4 is 5.91 Å². The van der Waals surface area contributed by atoms with Crippen LogP contribution >= 0.6 is 0 Å². The quantitative estimate of drug-likeness (QED) is 0.691. The fourth-order valence-electron chi connectivity index (χ4n) is 2.41. The predicted molar refractivity (Wildman–Crippen MR) is 73.8 cm³/mol. The Morgan fingerprint density at radius 2 is 1.95 bits per heavy atom. The number of para-hydroxylation sites is 1. The molecule has 3 N–H and O–H groups in total. The van der Waals surface area contributed by atoms with Crippen LogP contribution in [0.25, 0.3) is 0 Å². The molecule has 0 bridgehead atoms. The molecule has 0 radical (unpaired) electrons. The smallest absolute Gasteiger partial charge is 0.257 e. The number of carbonyl (C=O) groups is 1. The van der Waals surface area contributed by atoms with E-state index in [2.05, 4.69) is 4.90 Å². The van der Waals surface area contributed by atoms with Crippen LogP contribution in [0.3, 0.4) is 0 Å². The lowest BCUT2D eigenvalue weighted by Crippen LogP contribution is -2.35. The summed E-state index contributed by atoms with van der Waals surface area (Å²) in [5, 5.41) is 28.2. The van der Waals surface area contributed by atoms with E-state index < -0.39 is 0 Å². The van der Waals surface area contributed by atoms with Gasteiger partial charge in [-0.05, 0) is 25.1 Å². The van der Waals surface area contributed by atoms with E-state index in [1.807, 2.05) is 0 Å². The molecule has 0 unspecified atom stereocenters. The molecule has 20 heavy (non-hydrogen) atoms. The second-order valence-corrected chi connectivity index (χ2v) is 4.88. The van der Waals surface area contributed by atoms with Gasteiger partial charge in [-0.1, -0.05) is 6.07 Å². The molecule has 110 valence electrons. The van der Waals surface area contributed by atoms with Crippen molar-refractivity contribution in [2.24, 2.45) is 0 Å². The number of rotatable bonds is 3. The SMILES string of the molecule is O=C(c1cccc(O)c1O)N1CCCN(CCO)CC1. The van der Waals surface area contributed by atoms with E-state index in [1.165, 1.54) is 18.2 Å². The van der Waals surface area contributed by atoms with Gasteiger partial charge in [0.2, 0.25) is 0 Å². The van der Waals surface area contributed by atoms with Crippen molar-refractivity contribution in [2.75, 3.05) is 39.3 Å². The maximum atomic E-state index is 12.4. The average Bonchev–Trinajstić information content (AvgIpc) is 2.67. The lowest BCUT2D eigenvalue weighted by molar-refractivity contribution is 0.0757. The molecular weight excluding hydrogens is 260 g/mol. The minimum absolute atomic E-state index is 0.112. The lowest BCUT2D eigenvalue weighted by atomic mass is 10.1. The van der Waals surface area contributed by atoms with E-state index in [4.69, 9.17) is 5.11 Å².